The molecule has 0 amide bonds. The van der Waals surface area contributed by atoms with Crippen LogP contribution in [0.2, 0.25) is 10.0 Å². The average molecular weight is 170 g/mol. The number of rotatable bonds is 2. The third-order valence-electron chi connectivity index (χ3n) is 0.707. The summed E-state index contributed by atoms with van der Waals surface area (Å²) in [5.41, 5.74) is 0. The van der Waals surface area contributed by atoms with Crippen LogP contribution in [0.3, 0.4) is 0 Å². The molecule has 8 heavy (non-hydrogen) atoms. The van der Waals surface area contributed by atoms with Crippen molar-refractivity contribution in [2.45, 2.75) is 30.8 Å². The van der Waals surface area contributed by atoms with Crippen LogP contribution in [0.4, 0.5) is 0 Å². The van der Waals surface area contributed by atoms with Crippen LogP contribution in [-0.2, 0) is 17.1 Å². The van der Waals surface area contributed by atoms with E-state index in [0.717, 1.165) is 0 Å². The van der Waals surface area contributed by atoms with E-state index in [0.29, 0.717) is 0 Å². The first-order valence-electron chi connectivity index (χ1n) is 3.44. The number of hydrogen-bond donors (Lipinski definition) is 1. The molecule has 0 bridgehead atoms. The van der Waals surface area contributed by atoms with Crippen LogP contribution >= 0.6 is 0 Å². The molecule has 0 aromatic rings. The van der Waals surface area contributed by atoms with Crippen LogP contribution in [0.5, 0.6) is 0 Å². The summed E-state index contributed by atoms with van der Waals surface area (Å²) in [5.74, 6) is 0. The van der Waals surface area contributed by atoms with E-state index in [1.54, 1.807) is 6.92 Å². The molecule has 48 valence electrons. The molecule has 0 spiro atoms. The summed E-state index contributed by atoms with van der Waals surface area (Å²) in [4.78, 5) is 0. The Labute approximate surface area is 60.1 Å². The minimum absolute atomic E-state index is 0.0972. The van der Waals surface area contributed by atoms with Gasteiger partial charge in [-0.3, -0.25) is 0 Å². The Hall–Kier alpha value is 0.583. The Bertz CT molecular complexity index is 22.5. The fraction of sp³-hybridized carbons (Fsp3) is 1.00. The third-order valence-corrected chi connectivity index (χ3v) is 3.67. The van der Waals surface area contributed by atoms with Gasteiger partial charge in [0.2, 0.25) is 0 Å². The van der Waals surface area contributed by atoms with E-state index in [9.17, 15) is 0 Å². The fourth-order valence-corrected chi connectivity index (χ4v) is 1.84. The van der Waals surface area contributed by atoms with Gasteiger partial charge in [0.1, 0.15) is 0 Å². The first-order chi connectivity index (χ1) is 3.83. The maximum atomic E-state index is 7.57. The molecule has 0 unspecified atom stereocenters. The van der Waals surface area contributed by atoms with Crippen LogP contribution in [0.1, 0.15) is 20.8 Å². The Morgan fingerprint density at radius 2 is 1.38 bits per heavy atom. The van der Waals surface area contributed by atoms with Crippen LogP contribution in [0.25, 0.3) is 0 Å². The van der Waals surface area contributed by atoms with Crippen LogP contribution in [0.15, 0.2) is 0 Å². The van der Waals surface area contributed by atoms with Crippen molar-refractivity contribution in [3.05, 3.63) is 0 Å². The average Bonchev–Trinajstić information content (AvgIpc) is 1.71. The molecule has 0 fully saturated rings. The molecule has 0 aliphatic heterocycles. The Balaban J connectivity index is 0. The third kappa shape index (κ3) is 30.8. The van der Waals surface area contributed by atoms with Gasteiger partial charge in [-0.15, -0.1) is 0 Å². The molecule has 0 rings (SSSR count). The van der Waals surface area contributed by atoms with Crippen molar-refractivity contribution in [1.29, 1.82) is 0 Å². The molecule has 0 atom stereocenters. The van der Waals surface area contributed by atoms with E-state index in [1.807, 2.05) is 0 Å². The van der Waals surface area contributed by atoms with Gasteiger partial charge in [-0.05, 0) is 6.92 Å². The summed E-state index contributed by atoms with van der Waals surface area (Å²) in [7, 11) is 0. The number of aliphatic hydroxyl groups is 1. The molecule has 0 radical (unpaired) electrons. The Morgan fingerprint density at radius 1 is 1.12 bits per heavy atom. The van der Waals surface area contributed by atoms with Gasteiger partial charge in [0.05, 0.1) is 0 Å². The zero-order chi connectivity index (χ0) is 6.83. The topological polar surface area (TPSA) is 20.2 Å². The van der Waals surface area contributed by atoms with Crippen molar-refractivity contribution in [3.63, 3.8) is 0 Å². The van der Waals surface area contributed by atoms with Crippen molar-refractivity contribution in [2.75, 3.05) is 6.61 Å². The van der Waals surface area contributed by atoms with Crippen molar-refractivity contribution in [2.24, 2.45) is 0 Å². The zero-order valence-electron chi connectivity index (χ0n) is 6.28. The molecule has 0 aliphatic carbocycles. The van der Waals surface area contributed by atoms with Gasteiger partial charge in [-0.1, -0.05) is 0 Å². The zero-order valence-corrected chi connectivity index (χ0v) is 9.24. The molecular weight excluding hydrogens is 153 g/mol. The van der Waals surface area contributed by atoms with Crippen LogP contribution in [0, 0.1) is 0 Å². The molecular formula is C6H16OZn. The second-order valence-electron chi connectivity index (χ2n) is 1.67. The van der Waals surface area contributed by atoms with Crippen molar-refractivity contribution in [3.8, 4) is 0 Å². The molecule has 1 nitrogen and oxygen atoms in total. The van der Waals surface area contributed by atoms with Crippen LogP contribution in [-0.4, -0.2) is 11.7 Å². The predicted octanol–water partition coefficient (Wildman–Crippen LogP) is 1.94. The predicted molar refractivity (Wildman–Crippen MR) is 33.7 cm³/mol. The first kappa shape index (κ1) is 11.4. The van der Waals surface area contributed by atoms with Gasteiger partial charge >= 0.3 is 41.0 Å². The molecule has 0 aromatic heterocycles. The van der Waals surface area contributed by atoms with Gasteiger partial charge in [-0.2, -0.15) is 0 Å². The molecule has 0 saturated heterocycles. The summed E-state index contributed by atoms with van der Waals surface area (Å²) in [6.07, 6.45) is 0. The minimum atomic E-state index is 0.0972. The van der Waals surface area contributed by atoms with Gasteiger partial charge in [0.25, 0.3) is 0 Å². The first-order valence-corrected chi connectivity index (χ1v) is 7.63. The molecule has 0 saturated carbocycles. The van der Waals surface area contributed by atoms with E-state index in [2.05, 4.69) is 13.8 Å². The van der Waals surface area contributed by atoms with Crippen molar-refractivity contribution in [1.82, 2.24) is 0 Å². The SMILES string of the molecule is CCO.C[CH2][Zn][CH2]C. The van der Waals surface area contributed by atoms with Gasteiger partial charge in [0, 0.05) is 6.61 Å². The molecule has 0 aromatic carbocycles. The second-order valence-corrected chi connectivity index (χ2v) is 7.35. The fourth-order valence-electron chi connectivity index (χ4n) is 0.354. The molecule has 2 heteroatoms. The summed E-state index contributed by atoms with van der Waals surface area (Å²) in [6.45, 7) is 6.52. The normalized spacial score (nSPS) is 6.50. The van der Waals surface area contributed by atoms with E-state index >= 15 is 0 Å². The van der Waals surface area contributed by atoms with E-state index in [1.165, 1.54) is 10.0 Å². The van der Waals surface area contributed by atoms with Crippen molar-refractivity contribution < 1.29 is 22.2 Å². The van der Waals surface area contributed by atoms with Crippen molar-refractivity contribution >= 4 is 0 Å². The van der Waals surface area contributed by atoms with E-state index in [4.69, 9.17) is 5.11 Å². The van der Waals surface area contributed by atoms with Gasteiger partial charge < -0.3 is 5.11 Å². The maximum absolute atomic E-state index is 7.57. The molecule has 0 aliphatic rings. The second kappa shape index (κ2) is 15.6. The monoisotopic (exact) mass is 168 g/mol. The summed E-state index contributed by atoms with van der Waals surface area (Å²) in [6, 6.07) is 0. The standard InChI is InChI=1S/C2H6O.2C2H5.Zn/c1-2-3;2*1-2;/h3H,2H2,1H3;2*1H2,2H3;. The van der Waals surface area contributed by atoms with Gasteiger partial charge in [0.15, 0.2) is 0 Å². The van der Waals surface area contributed by atoms with Gasteiger partial charge in [-0.25, -0.2) is 0 Å². The summed E-state index contributed by atoms with van der Waals surface area (Å²) in [5, 5.41) is 10.6. The number of aliphatic hydroxyl groups excluding tert-OH is 1. The van der Waals surface area contributed by atoms with Crippen LogP contribution < -0.4 is 0 Å². The summed E-state index contributed by atoms with van der Waals surface area (Å²) < 4.78 is 0. The molecule has 0 heterocycles. The molecule has 1 N–H and O–H groups in total. The summed E-state index contributed by atoms with van der Waals surface area (Å²) >= 11 is 0.0972. The quantitative estimate of drug-likeness (QED) is 0.627. The van der Waals surface area contributed by atoms with E-state index < -0.39 is 0 Å². The Kier molecular flexibility index (Phi) is 22.3. The number of hydrogen-bond acceptors (Lipinski definition) is 1. The van der Waals surface area contributed by atoms with E-state index in [-0.39, 0.29) is 23.7 Å². The Morgan fingerprint density at radius 3 is 1.38 bits per heavy atom.